The molecule has 2 aromatic rings. The SMILES string of the molecule is COCc1nc([C@H]2CN(C(=O)c3occc3C)C[C@@H]2C2CC2)n[nH]1. The van der Waals surface area contributed by atoms with Gasteiger partial charge in [-0.2, -0.15) is 5.10 Å². The summed E-state index contributed by atoms with van der Waals surface area (Å²) in [5, 5.41) is 7.31. The Morgan fingerprint density at radius 2 is 2.29 bits per heavy atom. The van der Waals surface area contributed by atoms with Gasteiger partial charge in [0.2, 0.25) is 0 Å². The maximum absolute atomic E-state index is 12.8. The van der Waals surface area contributed by atoms with Crippen molar-refractivity contribution in [1.29, 1.82) is 0 Å². The number of methoxy groups -OCH3 is 1. The van der Waals surface area contributed by atoms with Gasteiger partial charge in [0.05, 0.1) is 6.26 Å². The highest BCUT2D eigenvalue weighted by Gasteiger charge is 2.46. The third-order valence-corrected chi connectivity index (χ3v) is 5.10. The summed E-state index contributed by atoms with van der Waals surface area (Å²) in [6.45, 7) is 3.71. The number of carbonyl (C=O) groups is 1. The predicted octanol–water partition coefficient (Wildman–Crippen LogP) is 2.12. The largest absolute Gasteiger partial charge is 0.459 e. The molecule has 0 radical (unpaired) electrons. The summed E-state index contributed by atoms with van der Waals surface area (Å²) in [6, 6.07) is 1.82. The number of H-pyrrole nitrogens is 1. The van der Waals surface area contributed by atoms with E-state index in [9.17, 15) is 4.79 Å². The molecular formula is C17H22N4O3. The molecule has 0 spiro atoms. The third kappa shape index (κ3) is 2.73. The molecule has 128 valence electrons. The molecule has 1 aliphatic carbocycles. The number of aryl methyl sites for hydroxylation is 1. The highest BCUT2D eigenvalue weighted by Crippen LogP contribution is 2.47. The minimum atomic E-state index is -0.0294. The fourth-order valence-electron chi connectivity index (χ4n) is 3.68. The summed E-state index contributed by atoms with van der Waals surface area (Å²) >= 11 is 0. The summed E-state index contributed by atoms with van der Waals surface area (Å²) < 4.78 is 10.5. The Hall–Kier alpha value is -2.15. The number of ether oxygens (including phenoxy) is 1. The number of nitrogens with one attached hydrogen (secondary N) is 1. The average molecular weight is 330 g/mol. The van der Waals surface area contributed by atoms with E-state index >= 15 is 0 Å². The van der Waals surface area contributed by atoms with Gasteiger partial charge in [-0.3, -0.25) is 9.89 Å². The summed E-state index contributed by atoms with van der Waals surface area (Å²) in [5.74, 6) is 3.22. The Bertz CT molecular complexity index is 734. The van der Waals surface area contributed by atoms with Crippen molar-refractivity contribution in [3.05, 3.63) is 35.3 Å². The maximum Gasteiger partial charge on any atom is 0.289 e. The lowest BCUT2D eigenvalue weighted by Gasteiger charge is -2.15. The second-order valence-electron chi connectivity index (χ2n) is 6.82. The van der Waals surface area contributed by atoms with E-state index in [1.54, 1.807) is 13.4 Å². The summed E-state index contributed by atoms with van der Waals surface area (Å²) in [4.78, 5) is 19.2. The molecule has 1 saturated heterocycles. The topological polar surface area (TPSA) is 84.2 Å². The molecule has 1 amide bonds. The van der Waals surface area contributed by atoms with Crippen LogP contribution >= 0.6 is 0 Å². The quantitative estimate of drug-likeness (QED) is 0.908. The van der Waals surface area contributed by atoms with Gasteiger partial charge in [-0.15, -0.1) is 0 Å². The number of amides is 1. The van der Waals surface area contributed by atoms with Crippen LogP contribution in [-0.2, 0) is 11.3 Å². The van der Waals surface area contributed by atoms with Gasteiger partial charge in [0, 0.05) is 31.7 Å². The standard InChI is InChI=1S/C17H22N4O3/c1-10-5-6-24-15(10)17(22)21-7-12(11-3-4-11)13(8-21)16-18-14(9-23-2)19-20-16/h5-6,11-13H,3-4,7-9H2,1-2H3,(H,18,19,20)/t12-,13+/m1/s1. The molecule has 1 aliphatic heterocycles. The lowest BCUT2D eigenvalue weighted by atomic mass is 9.91. The lowest BCUT2D eigenvalue weighted by Crippen LogP contribution is -2.29. The number of aromatic nitrogens is 3. The van der Waals surface area contributed by atoms with Crippen LogP contribution in [0.2, 0.25) is 0 Å². The van der Waals surface area contributed by atoms with Crippen molar-refractivity contribution in [3.63, 3.8) is 0 Å². The molecule has 2 aliphatic rings. The molecule has 7 heteroatoms. The zero-order chi connectivity index (χ0) is 16.7. The maximum atomic E-state index is 12.8. The molecule has 24 heavy (non-hydrogen) atoms. The molecule has 7 nitrogen and oxygen atoms in total. The van der Waals surface area contributed by atoms with E-state index in [1.807, 2.05) is 17.9 Å². The van der Waals surface area contributed by atoms with E-state index in [-0.39, 0.29) is 11.8 Å². The van der Waals surface area contributed by atoms with Crippen LogP contribution in [0.1, 0.15) is 46.5 Å². The van der Waals surface area contributed by atoms with Crippen LogP contribution in [0, 0.1) is 18.8 Å². The molecule has 1 saturated carbocycles. The van der Waals surface area contributed by atoms with E-state index in [0.717, 1.165) is 23.8 Å². The summed E-state index contributed by atoms with van der Waals surface area (Å²) in [5.41, 5.74) is 0.881. The van der Waals surface area contributed by atoms with Crippen molar-refractivity contribution < 1.29 is 13.9 Å². The van der Waals surface area contributed by atoms with Gasteiger partial charge in [0.1, 0.15) is 6.61 Å². The van der Waals surface area contributed by atoms with Crippen molar-refractivity contribution in [2.24, 2.45) is 11.8 Å². The van der Waals surface area contributed by atoms with Crippen LogP contribution in [0.25, 0.3) is 0 Å². The Labute approximate surface area is 140 Å². The molecular weight excluding hydrogens is 308 g/mol. The molecule has 0 bridgehead atoms. The first-order valence-corrected chi connectivity index (χ1v) is 8.41. The first-order valence-electron chi connectivity index (χ1n) is 8.41. The van der Waals surface area contributed by atoms with E-state index in [1.165, 1.54) is 12.8 Å². The highest BCUT2D eigenvalue weighted by atomic mass is 16.5. The number of nitrogens with zero attached hydrogens (tertiary/aromatic N) is 3. The molecule has 2 aromatic heterocycles. The van der Waals surface area contributed by atoms with E-state index in [2.05, 4.69) is 15.2 Å². The predicted molar refractivity (Wildman–Crippen MR) is 85.4 cm³/mol. The minimum Gasteiger partial charge on any atom is -0.459 e. The highest BCUT2D eigenvalue weighted by molar-refractivity contribution is 5.93. The number of aromatic amines is 1. The van der Waals surface area contributed by atoms with Crippen molar-refractivity contribution in [2.45, 2.75) is 32.3 Å². The van der Waals surface area contributed by atoms with E-state index in [0.29, 0.717) is 30.7 Å². The third-order valence-electron chi connectivity index (χ3n) is 5.10. The molecule has 3 heterocycles. The molecule has 2 atom stereocenters. The first-order chi connectivity index (χ1) is 11.7. The van der Waals surface area contributed by atoms with Gasteiger partial charge < -0.3 is 14.1 Å². The van der Waals surface area contributed by atoms with E-state index < -0.39 is 0 Å². The number of rotatable bonds is 5. The summed E-state index contributed by atoms with van der Waals surface area (Å²) in [6.07, 6.45) is 4.04. The zero-order valence-electron chi connectivity index (χ0n) is 14.0. The Kier molecular flexibility index (Phi) is 3.88. The van der Waals surface area contributed by atoms with Crippen LogP contribution in [0.4, 0.5) is 0 Å². The van der Waals surface area contributed by atoms with Gasteiger partial charge in [-0.05, 0) is 37.7 Å². The van der Waals surface area contributed by atoms with Gasteiger partial charge in [-0.25, -0.2) is 4.98 Å². The molecule has 0 aromatic carbocycles. The van der Waals surface area contributed by atoms with Crippen molar-refractivity contribution >= 4 is 5.91 Å². The molecule has 2 fully saturated rings. The number of hydrogen-bond donors (Lipinski definition) is 1. The van der Waals surface area contributed by atoms with E-state index in [4.69, 9.17) is 9.15 Å². The Morgan fingerprint density at radius 3 is 2.96 bits per heavy atom. The monoisotopic (exact) mass is 330 g/mol. The minimum absolute atomic E-state index is 0.0294. The number of hydrogen-bond acceptors (Lipinski definition) is 5. The smallest absolute Gasteiger partial charge is 0.289 e. The Morgan fingerprint density at radius 1 is 1.46 bits per heavy atom. The van der Waals surface area contributed by atoms with Crippen molar-refractivity contribution in [3.8, 4) is 0 Å². The Balaban J connectivity index is 1.55. The van der Waals surface area contributed by atoms with Gasteiger partial charge >= 0.3 is 0 Å². The summed E-state index contributed by atoms with van der Waals surface area (Å²) in [7, 11) is 1.64. The lowest BCUT2D eigenvalue weighted by molar-refractivity contribution is 0.0752. The zero-order valence-corrected chi connectivity index (χ0v) is 14.0. The number of likely N-dealkylation sites (tertiary alicyclic amines) is 1. The van der Waals surface area contributed by atoms with Crippen LogP contribution < -0.4 is 0 Å². The second kappa shape index (κ2) is 6.05. The molecule has 4 rings (SSSR count). The average Bonchev–Trinajstić information content (AvgIpc) is 2.99. The van der Waals surface area contributed by atoms with Crippen LogP contribution in [0.3, 0.4) is 0 Å². The number of carbonyl (C=O) groups excluding carboxylic acids is 1. The molecule has 1 N–H and O–H groups in total. The second-order valence-corrected chi connectivity index (χ2v) is 6.82. The van der Waals surface area contributed by atoms with Crippen LogP contribution in [0.5, 0.6) is 0 Å². The molecule has 0 unspecified atom stereocenters. The first kappa shape index (κ1) is 15.4. The van der Waals surface area contributed by atoms with Gasteiger partial charge in [0.25, 0.3) is 5.91 Å². The fraction of sp³-hybridized carbons (Fsp3) is 0.588. The van der Waals surface area contributed by atoms with Gasteiger partial charge in [-0.1, -0.05) is 0 Å². The van der Waals surface area contributed by atoms with Crippen LogP contribution in [-0.4, -0.2) is 46.2 Å². The van der Waals surface area contributed by atoms with Crippen LogP contribution in [0.15, 0.2) is 16.7 Å². The normalized spacial score (nSPS) is 23.8. The fourth-order valence-corrected chi connectivity index (χ4v) is 3.68. The number of furan rings is 1. The van der Waals surface area contributed by atoms with Gasteiger partial charge in [0.15, 0.2) is 17.4 Å². The van der Waals surface area contributed by atoms with Crippen molar-refractivity contribution in [1.82, 2.24) is 20.1 Å². The van der Waals surface area contributed by atoms with Crippen molar-refractivity contribution in [2.75, 3.05) is 20.2 Å².